The van der Waals surface area contributed by atoms with Gasteiger partial charge < -0.3 is 25.9 Å². The van der Waals surface area contributed by atoms with E-state index in [-0.39, 0.29) is 20.3 Å². The van der Waals surface area contributed by atoms with Crippen molar-refractivity contribution in [3.8, 4) is 0 Å². The first-order valence-corrected chi connectivity index (χ1v) is 15.3. The van der Waals surface area contributed by atoms with Crippen LogP contribution in [0.15, 0.2) is 6.20 Å². The summed E-state index contributed by atoms with van der Waals surface area (Å²) in [6.45, 7) is 15.9. The second-order valence-corrected chi connectivity index (χ2v) is 16.1. The van der Waals surface area contributed by atoms with Crippen molar-refractivity contribution >= 4 is 20.1 Å². The minimum Gasteiger partial charge on any atom is -1.00 e. The van der Waals surface area contributed by atoms with Crippen LogP contribution in [-0.2, 0) is 33.8 Å². The number of hydrogen-bond acceptors (Lipinski definition) is 5. The molecule has 0 aliphatic rings. The van der Waals surface area contributed by atoms with Crippen molar-refractivity contribution in [2.24, 2.45) is 5.92 Å². The van der Waals surface area contributed by atoms with Gasteiger partial charge in [0.05, 0.1) is 11.6 Å². The number of aryl methyl sites for hydroxylation is 1. The van der Waals surface area contributed by atoms with Crippen LogP contribution in [0.25, 0.3) is 0 Å². The predicted molar refractivity (Wildman–Crippen MR) is 130 cm³/mol. The Kier molecular flexibility index (Phi) is 14.3. The average molecular weight is 478 g/mol. The van der Waals surface area contributed by atoms with Crippen molar-refractivity contribution in [2.45, 2.75) is 97.8 Å². The normalized spacial score (nSPS) is 12.7. The van der Waals surface area contributed by atoms with Gasteiger partial charge in [0, 0.05) is 33.8 Å². The smallest absolute Gasteiger partial charge is 1.00 e. The number of carboxylic acids is 1. The number of rotatable bonds is 14. The zero-order valence-corrected chi connectivity index (χ0v) is 23.0. The third kappa shape index (κ3) is 14.6. The third-order valence-corrected chi connectivity index (χ3v) is 6.52. The molecule has 1 amide bonds. The largest absolute Gasteiger partial charge is 1.00 e. The number of hydrogen-bond donors (Lipinski definition) is 2. The first-order valence-electron chi connectivity index (χ1n) is 11.6. The maximum atomic E-state index is 11.9. The molecule has 8 nitrogen and oxygen atoms in total. The van der Waals surface area contributed by atoms with Crippen molar-refractivity contribution in [1.82, 2.24) is 14.9 Å². The first kappa shape index (κ1) is 31.7. The fraction of sp³-hybridized carbons (Fsp3) is 0.783. The molecule has 1 aromatic heterocycles. The molecule has 1 atom stereocenters. The van der Waals surface area contributed by atoms with Gasteiger partial charge in [-0.05, 0) is 46.1 Å². The maximum Gasteiger partial charge on any atom is 1.00 e. The molecule has 1 rings (SSSR count). The van der Waals surface area contributed by atoms with Gasteiger partial charge in [0.2, 0.25) is 0 Å². The van der Waals surface area contributed by atoms with Crippen molar-refractivity contribution in [1.29, 1.82) is 0 Å². The zero-order chi connectivity index (χ0) is 24.4. The number of imidazole rings is 1. The molecule has 186 valence electrons. The van der Waals surface area contributed by atoms with Crippen LogP contribution in [0.2, 0.25) is 25.7 Å². The summed E-state index contributed by atoms with van der Waals surface area (Å²) >= 11 is 0. The Balaban J connectivity index is 0. The van der Waals surface area contributed by atoms with Crippen LogP contribution >= 0.6 is 0 Å². The second-order valence-electron chi connectivity index (χ2n) is 10.5. The van der Waals surface area contributed by atoms with Gasteiger partial charge in [0.25, 0.3) is 0 Å². The van der Waals surface area contributed by atoms with Crippen molar-refractivity contribution in [3.05, 3.63) is 17.7 Å². The molecule has 0 aliphatic heterocycles. The summed E-state index contributed by atoms with van der Waals surface area (Å²) in [5.74, 6) is -0.685. The summed E-state index contributed by atoms with van der Waals surface area (Å²) in [5.41, 5.74) is 0.407. The van der Waals surface area contributed by atoms with Crippen LogP contribution in [0.4, 0.5) is 4.79 Å². The Labute approximate surface area is 213 Å². The van der Waals surface area contributed by atoms with E-state index in [9.17, 15) is 14.7 Å². The molecule has 1 aromatic rings. The summed E-state index contributed by atoms with van der Waals surface area (Å²) in [7, 11) is -1.16. The molecule has 0 saturated carbocycles. The van der Waals surface area contributed by atoms with Gasteiger partial charge >= 0.3 is 30.9 Å². The summed E-state index contributed by atoms with van der Waals surface area (Å²) < 4.78 is 13.0. The molecular weight excluding hydrogens is 433 g/mol. The van der Waals surface area contributed by atoms with Crippen LogP contribution in [-0.4, -0.2) is 53.5 Å². The molecule has 1 unspecified atom stereocenters. The van der Waals surface area contributed by atoms with Gasteiger partial charge in [-0.1, -0.05) is 33.0 Å². The molecule has 0 saturated heterocycles. The van der Waals surface area contributed by atoms with E-state index in [0.29, 0.717) is 39.1 Å². The topological polar surface area (TPSA) is 103 Å². The Morgan fingerprint density at radius 3 is 2.52 bits per heavy atom. The number of alkyl carbamates (subject to hydrolysis) is 1. The molecular formula is C23H44LiN3O5Si. The summed E-state index contributed by atoms with van der Waals surface area (Å²) in [6, 6.07) is 1.08. The maximum absolute atomic E-state index is 11.9. The van der Waals surface area contributed by atoms with E-state index in [1.54, 1.807) is 20.8 Å². The van der Waals surface area contributed by atoms with Crippen LogP contribution < -0.4 is 24.2 Å². The first-order chi connectivity index (χ1) is 14.8. The number of aromatic nitrogens is 2. The fourth-order valence-electron chi connectivity index (χ4n) is 3.09. The predicted octanol–water partition coefficient (Wildman–Crippen LogP) is 1.81. The van der Waals surface area contributed by atoms with Gasteiger partial charge in [0.15, 0.2) is 0 Å². The number of nitrogens with zero attached hydrogens (tertiary/aromatic N) is 2. The molecule has 0 bridgehead atoms. The third-order valence-electron chi connectivity index (χ3n) is 4.82. The van der Waals surface area contributed by atoms with E-state index in [1.807, 2.05) is 10.8 Å². The Morgan fingerprint density at radius 1 is 1.30 bits per heavy atom. The number of amides is 1. The van der Waals surface area contributed by atoms with Crippen LogP contribution in [0.1, 0.15) is 59.9 Å². The van der Waals surface area contributed by atoms with Crippen molar-refractivity contribution in [3.63, 3.8) is 0 Å². The van der Waals surface area contributed by atoms with E-state index in [2.05, 4.69) is 36.9 Å². The molecule has 10 heteroatoms. The number of nitrogens with one attached hydrogen (secondary N) is 1. The van der Waals surface area contributed by atoms with Gasteiger partial charge in [-0.15, -0.1) is 0 Å². The quantitative estimate of drug-likeness (QED) is 0.313. The number of aliphatic carboxylic acids is 1. The molecule has 0 radical (unpaired) electrons. The number of carboxylic acid groups (broad SMARTS) is 1. The molecule has 0 spiro atoms. The van der Waals surface area contributed by atoms with Gasteiger partial charge in [0.1, 0.15) is 18.2 Å². The van der Waals surface area contributed by atoms with E-state index in [4.69, 9.17) is 9.47 Å². The summed E-state index contributed by atoms with van der Waals surface area (Å²) in [5, 5.41) is 12.4. The molecule has 1 heterocycles. The minimum absolute atomic E-state index is 0. The SMILES string of the molecule is CCCc1cn(COCC[Si](C)(C)C)c(CC(CCCNC(=O)OC(C)(C)C)C(=O)O)n1.[H-].[Li+]. The van der Waals surface area contributed by atoms with Crippen molar-refractivity contribution < 1.29 is 44.5 Å². The van der Waals surface area contributed by atoms with Gasteiger partial charge in [-0.3, -0.25) is 4.79 Å². The second kappa shape index (κ2) is 14.9. The minimum atomic E-state index is -1.16. The fourth-order valence-corrected chi connectivity index (χ4v) is 3.85. The van der Waals surface area contributed by atoms with Crippen molar-refractivity contribution in [2.75, 3.05) is 13.2 Å². The van der Waals surface area contributed by atoms with Gasteiger partial charge in [-0.2, -0.15) is 0 Å². The Bertz CT molecular complexity index is 735. The molecule has 0 fully saturated rings. The summed E-state index contributed by atoms with van der Waals surface area (Å²) in [4.78, 5) is 28.3. The van der Waals surface area contributed by atoms with Crippen LogP contribution in [0.3, 0.4) is 0 Å². The average Bonchev–Trinajstić information content (AvgIpc) is 3.00. The van der Waals surface area contributed by atoms with E-state index < -0.39 is 31.7 Å². The van der Waals surface area contributed by atoms with E-state index in [0.717, 1.165) is 30.4 Å². The zero-order valence-electron chi connectivity index (χ0n) is 23.0. The van der Waals surface area contributed by atoms with E-state index in [1.165, 1.54) is 0 Å². The van der Waals surface area contributed by atoms with Gasteiger partial charge in [-0.25, -0.2) is 9.78 Å². The van der Waals surface area contributed by atoms with Crippen LogP contribution in [0, 0.1) is 5.92 Å². The molecule has 2 N–H and O–H groups in total. The Morgan fingerprint density at radius 2 is 1.97 bits per heavy atom. The number of carbonyl (C=O) groups excluding carboxylic acids is 1. The van der Waals surface area contributed by atoms with E-state index >= 15 is 0 Å². The standard InChI is InChI=1S/C23H43N3O5Si.Li.H/c1-8-10-19-16-26(17-30-13-14-32(5,6)7)20(25-19)15-18(21(27)28)11-9-12-24-22(29)31-23(2,3)4;;/h16,18H,8-15,17H2,1-7H3,(H,24,29)(H,27,28);;/q;+1;-1. The number of carbonyl (C=O) groups is 2. The monoisotopic (exact) mass is 477 g/mol. The molecule has 0 aromatic carbocycles. The Hall–Kier alpha value is -1.28. The molecule has 0 aliphatic carbocycles. The molecule has 33 heavy (non-hydrogen) atoms. The number of ether oxygens (including phenoxy) is 2. The van der Waals surface area contributed by atoms with Crippen LogP contribution in [0.5, 0.6) is 0 Å². The summed E-state index contributed by atoms with van der Waals surface area (Å²) in [6.07, 6.45) is 4.65.